The molecule has 2 aliphatic rings. The van der Waals surface area contributed by atoms with Crippen LogP contribution in [0.15, 0.2) is 0 Å². The van der Waals surface area contributed by atoms with Crippen LogP contribution in [-0.4, -0.2) is 62.0 Å². The first-order valence-corrected chi connectivity index (χ1v) is 9.45. The predicted octanol–water partition coefficient (Wildman–Crippen LogP) is -1.37. The van der Waals surface area contributed by atoms with Crippen molar-refractivity contribution in [3.05, 3.63) is 0 Å². The SMILES string of the molecule is CCCCCC1CC(CC#CC[NH+]2CCOCC2)C(=O)O1.O=C([O-])C(=O)O. The second kappa shape index (κ2) is 13.1. The molecule has 8 nitrogen and oxygen atoms in total. The number of aliphatic carboxylic acids is 2. The van der Waals surface area contributed by atoms with Crippen LogP contribution in [0.3, 0.4) is 0 Å². The highest BCUT2D eigenvalue weighted by Gasteiger charge is 2.33. The van der Waals surface area contributed by atoms with Gasteiger partial charge < -0.3 is 29.4 Å². The number of carbonyl (C=O) groups excluding carboxylic acids is 2. The van der Waals surface area contributed by atoms with Crippen molar-refractivity contribution in [3.8, 4) is 11.8 Å². The monoisotopic (exact) mass is 383 g/mol. The maximum atomic E-state index is 11.8. The van der Waals surface area contributed by atoms with Gasteiger partial charge in [0, 0.05) is 6.42 Å². The number of quaternary nitrogens is 1. The van der Waals surface area contributed by atoms with E-state index in [1.54, 1.807) is 0 Å². The van der Waals surface area contributed by atoms with Gasteiger partial charge in [-0.05, 0) is 25.2 Å². The fourth-order valence-electron chi connectivity index (χ4n) is 2.91. The molecule has 2 fully saturated rings. The molecule has 8 heteroatoms. The van der Waals surface area contributed by atoms with E-state index in [4.69, 9.17) is 29.3 Å². The van der Waals surface area contributed by atoms with Gasteiger partial charge in [-0.1, -0.05) is 25.7 Å². The molecule has 0 saturated carbocycles. The van der Waals surface area contributed by atoms with Gasteiger partial charge in [-0.3, -0.25) is 4.79 Å². The van der Waals surface area contributed by atoms with Gasteiger partial charge in [-0.2, -0.15) is 0 Å². The number of unbranched alkanes of at least 4 members (excludes halogenated alkanes) is 2. The Labute approximate surface area is 159 Å². The molecule has 0 bridgehead atoms. The highest BCUT2D eigenvalue weighted by Crippen LogP contribution is 2.27. The molecular weight excluding hydrogens is 354 g/mol. The first kappa shape index (κ1) is 22.9. The third-order valence-corrected chi connectivity index (χ3v) is 4.48. The van der Waals surface area contributed by atoms with Crippen molar-refractivity contribution < 1.29 is 39.0 Å². The first-order chi connectivity index (χ1) is 12.9. The van der Waals surface area contributed by atoms with Crippen LogP contribution in [0.5, 0.6) is 0 Å². The van der Waals surface area contributed by atoms with Gasteiger partial charge in [0.2, 0.25) is 0 Å². The number of ether oxygens (including phenoxy) is 2. The molecule has 2 rings (SSSR count). The summed E-state index contributed by atoms with van der Waals surface area (Å²) in [5.74, 6) is 2.36. The summed E-state index contributed by atoms with van der Waals surface area (Å²) in [6, 6.07) is 0. The van der Waals surface area contributed by atoms with Crippen LogP contribution < -0.4 is 10.0 Å². The molecule has 2 atom stereocenters. The number of hydrogen-bond acceptors (Lipinski definition) is 6. The minimum absolute atomic E-state index is 0.00353. The van der Waals surface area contributed by atoms with Gasteiger partial charge in [-0.25, -0.2) is 4.79 Å². The van der Waals surface area contributed by atoms with Gasteiger partial charge >= 0.3 is 11.9 Å². The van der Waals surface area contributed by atoms with E-state index in [0.29, 0.717) is 6.42 Å². The lowest BCUT2D eigenvalue weighted by atomic mass is 9.99. The average Bonchev–Trinajstić information content (AvgIpc) is 3.00. The second-order valence-corrected chi connectivity index (χ2v) is 6.68. The summed E-state index contributed by atoms with van der Waals surface area (Å²) in [6.45, 7) is 6.82. The first-order valence-electron chi connectivity index (χ1n) is 9.45. The number of nitrogens with one attached hydrogen (secondary N) is 1. The minimum atomic E-state index is -2.07. The Bertz CT molecular complexity index is 534. The van der Waals surface area contributed by atoms with E-state index in [0.717, 1.165) is 52.1 Å². The maximum absolute atomic E-state index is 11.8. The van der Waals surface area contributed by atoms with E-state index < -0.39 is 11.9 Å². The number of carboxylic acid groups (broad SMARTS) is 2. The van der Waals surface area contributed by atoms with Crippen molar-refractivity contribution in [1.82, 2.24) is 0 Å². The van der Waals surface area contributed by atoms with Crippen LogP contribution >= 0.6 is 0 Å². The largest absolute Gasteiger partial charge is 0.539 e. The van der Waals surface area contributed by atoms with Gasteiger partial charge in [-0.15, -0.1) is 0 Å². The van der Waals surface area contributed by atoms with Crippen LogP contribution in [0.2, 0.25) is 0 Å². The van der Waals surface area contributed by atoms with Crippen LogP contribution in [-0.2, 0) is 23.9 Å². The summed E-state index contributed by atoms with van der Waals surface area (Å²) in [5, 5.41) is 16.3. The summed E-state index contributed by atoms with van der Waals surface area (Å²) in [5.41, 5.74) is 0. The molecule has 2 N–H and O–H groups in total. The van der Waals surface area contributed by atoms with E-state index >= 15 is 0 Å². The third-order valence-electron chi connectivity index (χ3n) is 4.48. The van der Waals surface area contributed by atoms with Crippen LogP contribution in [0.4, 0.5) is 0 Å². The van der Waals surface area contributed by atoms with Gasteiger partial charge in [0.1, 0.15) is 25.7 Å². The quantitative estimate of drug-likeness (QED) is 0.251. The molecule has 2 unspecified atom stereocenters. The summed E-state index contributed by atoms with van der Waals surface area (Å²) >= 11 is 0. The van der Waals surface area contributed by atoms with Gasteiger partial charge in [0.05, 0.1) is 19.1 Å². The van der Waals surface area contributed by atoms with Crippen molar-refractivity contribution >= 4 is 17.9 Å². The van der Waals surface area contributed by atoms with Crippen molar-refractivity contribution in [1.29, 1.82) is 0 Å². The summed E-state index contributed by atoms with van der Waals surface area (Å²) in [7, 11) is 0. The molecule has 0 aromatic carbocycles. The van der Waals surface area contributed by atoms with Crippen molar-refractivity contribution in [2.75, 3.05) is 32.8 Å². The third kappa shape index (κ3) is 9.97. The number of carbonyl (C=O) groups is 3. The van der Waals surface area contributed by atoms with E-state index in [9.17, 15) is 4.79 Å². The summed E-state index contributed by atoms with van der Waals surface area (Å²) in [6.07, 6.45) is 6.27. The van der Waals surface area contributed by atoms with E-state index in [1.165, 1.54) is 17.7 Å². The molecule has 0 amide bonds. The van der Waals surface area contributed by atoms with E-state index in [2.05, 4.69) is 18.8 Å². The van der Waals surface area contributed by atoms with Crippen molar-refractivity contribution in [2.45, 2.75) is 51.6 Å². The number of rotatable bonds is 6. The second-order valence-electron chi connectivity index (χ2n) is 6.68. The molecule has 27 heavy (non-hydrogen) atoms. The molecule has 0 spiro atoms. The molecule has 0 aliphatic carbocycles. The Balaban J connectivity index is 0.000000527. The van der Waals surface area contributed by atoms with Crippen molar-refractivity contribution in [2.24, 2.45) is 5.92 Å². The Hall–Kier alpha value is -2.11. The highest BCUT2D eigenvalue weighted by atomic mass is 16.6. The molecule has 2 saturated heterocycles. The lowest BCUT2D eigenvalue weighted by molar-refractivity contribution is -0.900. The normalized spacial score (nSPS) is 22.0. The van der Waals surface area contributed by atoms with Gasteiger partial charge in [0.25, 0.3) is 0 Å². The number of hydrogen-bond donors (Lipinski definition) is 2. The predicted molar refractivity (Wildman–Crippen MR) is 93.5 cm³/mol. The number of cyclic esters (lactones) is 1. The number of morpholine rings is 1. The van der Waals surface area contributed by atoms with Crippen LogP contribution in [0, 0.1) is 17.8 Å². The van der Waals surface area contributed by atoms with E-state index in [-0.39, 0.29) is 18.0 Å². The lowest BCUT2D eigenvalue weighted by Crippen LogP contribution is -3.14. The zero-order valence-electron chi connectivity index (χ0n) is 15.8. The smallest absolute Gasteiger partial charge is 0.351 e. The Morgan fingerprint density at radius 3 is 2.52 bits per heavy atom. The van der Waals surface area contributed by atoms with Gasteiger partial charge in [0.15, 0.2) is 5.97 Å². The summed E-state index contributed by atoms with van der Waals surface area (Å²) in [4.78, 5) is 31.3. The molecular formula is C19H29NO7. The van der Waals surface area contributed by atoms with Crippen molar-refractivity contribution in [3.63, 3.8) is 0 Å². The molecule has 0 radical (unpaired) electrons. The average molecular weight is 383 g/mol. The van der Waals surface area contributed by atoms with Crippen LogP contribution in [0.25, 0.3) is 0 Å². The standard InChI is InChI=1S/C17H27NO3.C2H2O4/c1-2-3-4-8-16-14-15(17(19)21-16)7-5-6-9-18-10-12-20-13-11-18;3-1(4)2(5)6/h15-16H,2-4,7-14H2,1H3;(H,3,4)(H,5,6). The zero-order valence-corrected chi connectivity index (χ0v) is 15.8. The molecule has 152 valence electrons. The Morgan fingerprint density at radius 2 is 1.93 bits per heavy atom. The molecule has 0 aromatic rings. The maximum Gasteiger partial charge on any atom is 0.351 e. The van der Waals surface area contributed by atoms with E-state index in [1.807, 2.05) is 0 Å². The molecule has 2 heterocycles. The van der Waals surface area contributed by atoms with Crippen LogP contribution in [0.1, 0.15) is 45.4 Å². The Morgan fingerprint density at radius 1 is 1.26 bits per heavy atom. The lowest BCUT2D eigenvalue weighted by Gasteiger charge is -2.21. The highest BCUT2D eigenvalue weighted by molar-refractivity contribution is 6.26. The molecule has 0 aromatic heterocycles. The number of carboxylic acids is 2. The Kier molecular flexibility index (Phi) is 11.1. The minimum Gasteiger partial charge on any atom is -0.539 e. The summed E-state index contributed by atoms with van der Waals surface area (Å²) < 4.78 is 10.8. The molecule has 2 aliphatic heterocycles. The fraction of sp³-hybridized carbons (Fsp3) is 0.737. The topological polar surface area (TPSA) is 117 Å². The zero-order chi connectivity index (χ0) is 20.1. The number of esters is 1. The fourth-order valence-corrected chi connectivity index (χ4v) is 2.91.